The Kier molecular flexibility index (Phi) is 6.33. The average molecular weight is 402 g/mol. The topological polar surface area (TPSA) is 87.6 Å². The maximum Gasteiger partial charge on any atom is 0.315 e. The molecule has 8 heteroatoms. The van der Waals surface area contributed by atoms with E-state index in [0.717, 1.165) is 22.4 Å². The van der Waals surface area contributed by atoms with E-state index in [0.29, 0.717) is 17.0 Å². The molecule has 6 nitrogen and oxygen atoms in total. The predicted molar refractivity (Wildman–Crippen MR) is 104 cm³/mol. The predicted octanol–water partition coefficient (Wildman–Crippen LogP) is 4.23. The van der Waals surface area contributed by atoms with E-state index in [4.69, 9.17) is 19.0 Å². The molecule has 0 spiro atoms. The van der Waals surface area contributed by atoms with Gasteiger partial charge in [0.05, 0.1) is 13.7 Å². The lowest BCUT2D eigenvalue weighted by atomic mass is 10.1. The van der Waals surface area contributed by atoms with Crippen molar-refractivity contribution in [1.82, 2.24) is 4.98 Å². The molecule has 0 saturated heterocycles. The van der Waals surface area contributed by atoms with E-state index in [1.165, 1.54) is 19.2 Å². The van der Waals surface area contributed by atoms with Gasteiger partial charge in [-0.1, -0.05) is 12.1 Å². The second-order valence-electron chi connectivity index (χ2n) is 5.76. The number of ether oxygens (including phenoxy) is 2. The fourth-order valence-electron chi connectivity index (χ4n) is 2.67. The number of oxazole rings is 1. The first kappa shape index (κ1) is 19.9. The number of methoxy groups -OCH3 is 1. The van der Waals surface area contributed by atoms with Crippen molar-refractivity contribution in [3.63, 3.8) is 0 Å². The van der Waals surface area contributed by atoms with Gasteiger partial charge in [-0.05, 0) is 49.2 Å². The van der Waals surface area contributed by atoms with Gasteiger partial charge in [0, 0.05) is 16.0 Å². The molecule has 28 heavy (non-hydrogen) atoms. The number of aromatic nitrogens is 1. The molecule has 146 valence electrons. The number of hydrogen-bond acceptors (Lipinski definition) is 7. The summed E-state index contributed by atoms with van der Waals surface area (Å²) < 4.78 is 29.9. The molecule has 0 radical (unpaired) electrons. The summed E-state index contributed by atoms with van der Waals surface area (Å²) in [5.41, 5.74) is 1.73. The Morgan fingerprint density at radius 2 is 1.93 bits per heavy atom. The lowest BCUT2D eigenvalue weighted by Crippen LogP contribution is -2.07. The number of benzene rings is 2. The molecule has 1 heterocycles. The van der Waals surface area contributed by atoms with Crippen molar-refractivity contribution in [2.45, 2.75) is 18.2 Å². The van der Waals surface area contributed by atoms with Gasteiger partial charge in [-0.3, -0.25) is 9.93 Å². The zero-order chi connectivity index (χ0) is 20.1. The van der Waals surface area contributed by atoms with Crippen LogP contribution < -0.4 is 9.88 Å². The third-order valence-electron chi connectivity index (χ3n) is 3.95. The summed E-state index contributed by atoms with van der Waals surface area (Å²) in [6, 6.07) is 11.9. The summed E-state index contributed by atoms with van der Waals surface area (Å²) in [6.45, 7) is 1.99. The Morgan fingerprint density at radius 3 is 2.54 bits per heavy atom. The minimum absolute atomic E-state index is 0.115. The van der Waals surface area contributed by atoms with E-state index >= 15 is 0 Å². The van der Waals surface area contributed by atoms with E-state index in [-0.39, 0.29) is 24.7 Å². The molecule has 0 saturated carbocycles. The number of halogens is 1. The van der Waals surface area contributed by atoms with Crippen molar-refractivity contribution in [3.05, 3.63) is 54.2 Å². The summed E-state index contributed by atoms with van der Waals surface area (Å²) in [4.78, 5) is 17.1. The third-order valence-corrected chi connectivity index (χ3v) is 4.49. The van der Waals surface area contributed by atoms with E-state index in [1.807, 2.05) is 24.3 Å². The summed E-state index contributed by atoms with van der Waals surface area (Å²) in [5, 5.41) is 5.57. The smallest absolute Gasteiger partial charge is 0.315 e. The number of esters is 1. The van der Waals surface area contributed by atoms with Crippen molar-refractivity contribution in [3.8, 4) is 28.3 Å². The van der Waals surface area contributed by atoms with Crippen LogP contribution in [0.5, 0.6) is 5.75 Å². The first-order valence-electron chi connectivity index (χ1n) is 8.52. The number of carbonyl (C=O) groups excluding carboxylic acids is 1. The fourth-order valence-corrected chi connectivity index (χ4v) is 2.96. The van der Waals surface area contributed by atoms with E-state index < -0.39 is 11.8 Å². The number of nitrogens with zero attached hydrogens (tertiary/aromatic N) is 1. The molecule has 0 aliphatic rings. The maximum absolute atomic E-state index is 14.2. The Balaban J connectivity index is 2.06. The van der Waals surface area contributed by atoms with Gasteiger partial charge < -0.3 is 13.9 Å². The number of rotatable bonds is 7. The molecule has 0 unspecified atom stereocenters. The van der Waals surface area contributed by atoms with Crippen LogP contribution in [0, 0.1) is 5.82 Å². The highest BCUT2D eigenvalue weighted by atomic mass is 32.2. The van der Waals surface area contributed by atoms with Crippen molar-refractivity contribution < 1.29 is 23.1 Å². The van der Waals surface area contributed by atoms with Gasteiger partial charge in [-0.25, -0.2) is 9.37 Å². The van der Waals surface area contributed by atoms with Crippen LogP contribution in [0.2, 0.25) is 0 Å². The van der Waals surface area contributed by atoms with Crippen molar-refractivity contribution in [1.29, 1.82) is 0 Å². The summed E-state index contributed by atoms with van der Waals surface area (Å²) in [7, 11) is 1.40. The number of hydrogen-bond donors (Lipinski definition) is 1. The molecule has 0 amide bonds. The summed E-state index contributed by atoms with van der Waals surface area (Å²) in [5.74, 6) is -0.298. The lowest BCUT2D eigenvalue weighted by Gasteiger charge is -2.05. The zero-order valence-electron chi connectivity index (χ0n) is 15.4. The third kappa shape index (κ3) is 4.35. The maximum atomic E-state index is 14.2. The van der Waals surface area contributed by atoms with Crippen molar-refractivity contribution >= 4 is 17.9 Å². The van der Waals surface area contributed by atoms with Crippen LogP contribution in [0.4, 0.5) is 4.39 Å². The second-order valence-corrected chi connectivity index (χ2v) is 6.47. The van der Waals surface area contributed by atoms with Gasteiger partial charge in [0.25, 0.3) is 0 Å². The average Bonchev–Trinajstić information content (AvgIpc) is 3.11. The molecule has 2 aromatic carbocycles. The lowest BCUT2D eigenvalue weighted by molar-refractivity contribution is -0.142. The van der Waals surface area contributed by atoms with Gasteiger partial charge in [0.1, 0.15) is 12.1 Å². The quantitative estimate of drug-likeness (QED) is 0.467. The zero-order valence-corrected chi connectivity index (χ0v) is 16.2. The van der Waals surface area contributed by atoms with Gasteiger partial charge in [-0.2, -0.15) is 0 Å². The van der Waals surface area contributed by atoms with Crippen LogP contribution in [0.3, 0.4) is 0 Å². The monoisotopic (exact) mass is 402 g/mol. The molecule has 0 aliphatic carbocycles. The molecule has 1 aromatic heterocycles. The van der Waals surface area contributed by atoms with Gasteiger partial charge in [-0.15, -0.1) is 0 Å². The highest BCUT2D eigenvalue weighted by Gasteiger charge is 2.20. The Morgan fingerprint density at radius 1 is 1.21 bits per heavy atom. The minimum Gasteiger partial charge on any atom is -0.494 e. The number of carbonyl (C=O) groups is 1. The highest BCUT2D eigenvalue weighted by Crippen LogP contribution is 2.35. The van der Waals surface area contributed by atoms with Crippen LogP contribution in [0.1, 0.15) is 12.8 Å². The van der Waals surface area contributed by atoms with Crippen LogP contribution in [-0.2, 0) is 16.0 Å². The second kappa shape index (κ2) is 8.90. The van der Waals surface area contributed by atoms with Gasteiger partial charge in [0.2, 0.25) is 5.89 Å². The molecule has 3 aromatic rings. The Labute approximate surface area is 166 Å². The van der Waals surface area contributed by atoms with Gasteiger partial charge in [0.15, 0.2) is 17.3 Å². The summed E-state index contributed by atoms with van der Waals surface area (Å²) in [6.07, 6.45) is -0.115. The van der Waals surface area contributed by atoms with Crippen molar-refractivity contribution in [2.75, 3.05) is 13.7 Å². The number of nitrogens with two attached hydrogens (primary N) is 1. The molecular weight excluding hydrogens is 383 g/mol. The normalized spacial score (nSPS) is 10.7. The van der Waals surface area contributed by atoms with Crippen LogP contribution >= 0.6 is 11.9 Å². The minimum atomic E-state index is -0.524. The molecule has 0 fully saturated rings. The SMILES string of the molecule is CCOC(=O)Cc1nc(-c2ccc(SN)cc2)c(-c2ccc(OC)c(F)c2)o1. The molecule has 2 N–H and O–H groups in total. The molecular formula is C20H19FN2O4S. The molecule has 3 rings (SSSR count). The molecule has 0 aliphatic heterocycles. The van der Waals surface area contributed by atoms with Gasteiger partial charge >= 0.3 is 5.97 Å². The van der Waals surface area contributed by atoms with Crippen molar-refractivity contribution in [2.24, 2.45) is 5.14 Å². The molecule has 0 atom stereocenters. The first-order chi connectivity index (χ1) is 13.5. The molecule has 0 bridgehead atoms. The fraction of sp³-hybridized carbons (Fsp3) is 0.200. The highest BCUT2D eigenvalue weighted by molar-refractivity contribution is 7.97. The Bertz CT molecular complexity index is 973. The largest absolute Gasteiger partial charge is 0.494 e. The van der Waals surface area contributed by atoms with Crippen LogP contribution in [0.15, 0.2) is 51.8 Å². The summed E-state index contributed by atoms with van der Waals surface area (Å²) >= 11 is 1.13. The standard InChI is InChI=1S/C20H19FN2O4S/c1-3-26-18(24)11-17-23-19(12-4-7-14(28-22)8-5-12)20(27-17)13-6-9-16(25-2)15(21)10-13/h4-10H,3,11,22H2,1-2H3. The first-order valence-corrected chi connectivity index (χ1v) is 9.40. The van der Waals surface area contributed by atoms with E-state index in [9.17, 15) is 9.18 Å². The Hall–Kier alpha value is -2.84. The van der Waals surface area contributed by atoms with E-state index in [2.05, 4.69) is 4.98 Å². The van der Waals surface area contributed by atoms with Crippen LogP contribution in [0.25, 0.3) is 22.6 Å². The van der Waals surface area contributed by atoms with Crippen LogP contribution in [-0.4, -0.2) is 24.7 Å². The van der Waals surface area contributed by atoms with E-state index in [1.54, 1.807) is 13.0 Å².